The van der Waals surface area contributed by atoms with E-state index in [0.29, 0.717) is 31.1 Å². The van der Waals surface area contributed by atoms with Crippen LogP contribution in [0.25, 0.3) is 0 Å². The topological polar surface area (TPSA) is 83.7 Å². The molecule has 1 aliphatic heterocycles. The Bertz CT molecular complexity index is 616. The molecular formula is C14H21N3O3S. The zero-order valence-electron chi connectivity index (χ0n) is 12.2. The van der Waals surface area contributed by atoms with E-state index in [9.17, 15) is 13.2 Å². The van der Waals surface area contributed by atoms with Gasteiger partial charge in [-0.3, -0.25) is 9.69 Å². The van der Waals surface area contributed by atoms with Gasteiger partial charge in [-0.15, -0.1) is 0 Å². The Labute approximate surface area is 125 Å². The fraction of sp³-hybridized carbons (Fsp3) is 0.500. The van der Waals surface area contributed by atoms with Gasteiger partial charge < -0.3 is 10.6 Å². The summed E-state index contributed by atoms with van der Waals surface area (Å²) in [7, 11) is -1.59. The third-order valence-electron chi connectivity index (χ3n) is 3.71. The maximum atomic E-state index is 12.3. The van der Waals surface area contributed by atoms with Crippen molar-refractivity contribution in [3.05, 3.63) is 29.8 Å². The van der Waals surface area contributed by atoms with Crippen molar-refractivity contribution in [1.82, 2.24) is 9.80 Å². The molecule has 0 radical (unpaired) electrons. The maximum Gasteiger partial charge on any atom is 0.236 e. The number of rotatable bonds is 5. The second-order valence-corrected chi connectivity index (χ2v) is 7.37. The van der Waals surface area contributed by atoms with Gasteiger partial charge in [0.1, 0.15) is 0 Å². The molecule has 1 aliphatic rings. The van der Waals surface area contributed by atoms with E-state index in [1.54, 1.807) is 36.2 Å². The van der Waals surface area contributed by atoms with E-state index in [-0.39, 0.29) is 18.2 Å². The molecule has 1 aromatic carbocycles. The first-order chi connectivity index (χ1) is 9.92. The number of hydrogen-bond acceptors (Lipinski definition) is 5. The predicted molar refractivity (Wildman–Crippen MR) is 80.5 cm³/mol. The second-order valence-electron chi connectivity index (χ2n) is 5.26. The quantitative estimate of drug-likeness (QED) is 0.807. The van der Waals surface area contributed by atoms with Crippen LogP contribution in [-0.4, -0.2) is 63.1 Å². The lowest BCUT2D eigenvalue weighted by Gasteiger charge is -2.31. The highest BCUT2D eigenvalue weighted by Gasteiger charge is 2.23. The van der Waals surface area contributed by atoms with Crippen LogP contribution in [0.1, 0.15) is 5.56 Å². The smallest absolute Gasteiger partial charge is 0.236 e. The minimum atomic E-state index is -3.35. The minimum absolute atomic E-state index is 0.0119. The Kier molecular flexibility index (Phi) is 4.97. The largest absolute Gasteiger partial charge is 0.343 e. The first-order valence-corrected chi connectivity index (χ1v) is 8.55. The third kappa shape index (κ3) is 4.03. The van der Waals surface area contributed by atoms with Gasteiger partial charge in [0, 0.05) is 33.2 Å². The molecule has 2 N–H and O–H groups in total. The van der Waals surface area contributed by atoms with Crippen LogP contribution in [0.5, 0.6) is 0 Å². The SMILES string of the molecule is CN1CCN(CCS(=O)(=O)c2cccc(CN)c2)CC1=O. The zero-order valence-corrected chi connectivity index (χ0v) is 13.0. The standard InChI is InChI=1S/C14H21N3O3S/c1-16-5-6-17(11-14(16)18)7-8-21(19,20)13-4-2-3-12(9-13)10-15/h2-4,9H,5-8,10-11,15H2,1H3. The van der Waals surface area contributed by atoms with E-state index in [1.165, 1.54) is 0 Å². The molecule has 21 heavy (non-hydrogen) atoms. The van der Waals surface area contributed by atoms with E-state index >= 15 is 0 Å². The molecule has 7 heteroatoms. The van der Waals surface area contributed by atoms with Crippen molar-refractivity contribution < 1.29 is 13.2 Å². The highest BCUT2D eigenvalue weighted by molar-refractivity contribution is 7.91. The van der Waals surface area contributed by atoms with Crippen LogP contribution in [0.3, 0.4) is 0 Å². The molecule has 0 aliphatic carbocycles. The number of carbonyl (C=O) groups excluding carboxylic acids is 1. The van der Waals surface area contributed by atoms with E-state index in [1.807, 2.05) is 4.90 Å². The molecule has 1 amide bonds. The van der Waals surface area contributed by atoms with Crippen LogP contribution < -0.4 is 5.73 Å². The zero-order chi connectivity index (χ0) is 15.5. The Balaban J connectivity index is 1.99. The van der Waals surface area contributed by atoms with Gasteiger partial charge in [0.2, 0.25) is 5.91 Å². The Hall–Kier alpha value is -1.44. The van der Waals surface area contributed by atoms with Crippen molar-refractivity contribution in [3.63, 3.8) is 0 Å². The molecule has 0 unspecified atom stereocenters. The Morgan fingerprint density at radius 3 is 2.71 bits per heavy atom. The normalized spacial score (nSPS) is 17.2. The summed E-state index contributed by atoms with van der Waals surface area (Å²) in [5.74, 6) is 0.0432. The number of likely N-dealkylation sites (N-methyl/N-ethyl adjacent to an activating group) is 1. The van der Waals surface area contributed by atoms with Gasteiger partial charge in [-0.05, 0) is 17.7 Å². The number of nitrogens with two attached hydrogens (primary N) is 1. The van der Waals surface area contributed by atoms with Crippen molar-refractivity contribution in [3.8, 4) is 0 Å². The Morgan fingerprint density at radius 1 is 1.29 bits per heavy atom. The number of sulfone groups is 1. The molecular weight excluding hydrogens is 290 g/mol. The molecule has 0 spiro atoms. The molecule has 116 valence electrons. The lowest BCUT2D eigenvalue weighted by atomic mass is 10.2. The minimum Gasteiger partial charge on any atom is -0.343 e. The summed E-state index contributed by atoms with van der Waals surface area (Å²) in [6, 6.07) is 6.71. The maximum absolute atomic E-state index is 12.3. The van der Waals surface area contributed by atoms with Gasteiger partial charge in [0.15, 0.2) is 9.84 Å². The van der Waals surface area contributed by atoms with Crippen molar-refractivity contribution in [1.29, 1.82) is 0 Å². The lowest BCUT2D eigenvalue weighted by molar-refractivity contribution is -0.134. The molecule has 0 bridgehead atoms. The van der Waals surface area contributed by atoms with Crippen molar-refractivity contribution in [2.75, 3.05) is 39.0 Å². The first kappa shape index (κ1) is 15.9. The summed E-state index contributed by atoms with van der Waals surface area (Å²) < 4.78 is 24.7. The van der Waals surface area contributed by atoms with Crippen LogP contribution in [0.2, 0.25) is 0 Å². The fourth-order valence-electron chi connectivity index (χ4n) is 2.23. The summed E-state index contributed by atoms with van der Waals surface area (Å²) in [5.41, 5.74) is 6.33. The predicted octanol–water partition coefficient (Wildman–Crippen LogP) is -0.307. The number of carbonyl (C=O) groups is 1. The molecule has 0 aromatic heterocycles. The molecule has 0 saturated carbocycles. The summed E-state index contributed by atoms with van der Waals surface area (Å²) >= 11 is 0. The van der Waals surface area contributed by atoms with Crippen LogP contribution in [0, 0.1) is 0 Å². The van der Waals surface area contributed by atoms with E-state index in [0.717, 1.165) is 5.56 Å². The van der Waals surface area contributed by atoms with E-state index in [2.05, 4.69) is 0 Å². The summed E-state index contributed by atoms with van der Waals surface area (Å²) in [5, 5.41) is 0. The second kappa shape index (κ2) is 6.55. The number of hydrogen-bond donors (Lipinski definition) is 1. The summed E-state index contributed by atoms with van der Waals surface area (Å²) in [4.78, 5) is 15.4. The van der Waals surface area contributed by atoms with E-state index in [4.69, 9.17) is 5.73 Å². The van der Waals surface area contributed by atoms with Gasteiger partial charge in [0.25, 0.3) is 0 Å². The van der Waals surface area contributed by atoms with Gasteiger partial charge in [-0.25, -0.2) is 8.42 Å². The van der Waals surface area contributed by atoms with Crippen LogP contribution in [0.4, 0.5) is 0 Å². The van der Waals surface area contributed by atoms with Crippen molar-refractivity contribution >= 4 is 15.7 Å². The lowest BCUT2D eigenvalue weighted by Crippen LogP contribution is -2.49. The molecule has 0 atom stereocenters. The number of benzene rings is 1. The van der Waals surface area contributed by atoms with Crippen LogP contribution >= 0.6 is 0 Å². The van der Waals surface area contributed by atoms with Gasteiger partial charge in [0.05, 0.1) is 17.2 Å². The third-order valence-corrected chi connectivity index (χ3v) is 5.40. The molecule has 1 aromatic rings. The average molecular weight is 311 g/mol. The highest BCUT2D eigenvalue weighted by Crippen LogP contribution is 2.14. The average Bonchev–Trinajstić information content (AvgIpc) is 2.48. The molecule has 2 rings (SSSR count). The first-order valence-electron chi connectivity index (χ1n) is 6.90. The van der Waals surface area contributed by atoms with Gasteiger partial charge in [-0.2, -0.15) is 0 Å². The van der Waals surface area contributed by atoms with Crippen molar-refractivity contribution in [2.24, 2.45) is 5.73 Å². The van der Waals surface area contributed by atoms with Gasteiger partial charge >= 0.3 is 0 Å². The molecule has 6 nitrogen and oxygen atoms in total. The summed E-state index contributed by atoms with van der Waals surface area (Å²) in [6.07, 6.45) is 0. The molecule has 1 saturated heterocycles. The van der Waals surface area contributed by atoms with E-state index < -0.39 is 9.84 Å². The van der Waals surface area contributed by atoms with Crippen molar-refractivity contribution in [2.45, 2.75) is 11.4 Å². The number of piperazine rings is 1. The number of amides is 1. The molecule has 1 heterocycles. The van der Waals surface area contributed by atoms with Crippen LogP contribution in [0.15, 0.2) is 29.2 Å². The highest BCUT2D eigenvalue weighted by atomic mass is 32.2. The molecule has 1 fully saturated rings. The fourth-order valence-corrected chi connectivity index (χ4v) is 3.58. The van der Waals surface area contributed by atoms with Crippen LogP contribution in [-0.2, 0) is 21.2 Å². The Morgan fingerprint density at radius 2 is 2.05 bits per heavy atom. The summed E-state index contributed by atoms with van der Waals surface area (Å²) in [6.45, 7) is 2.32. The monoisotopic (exact) mass is 311 g/mol. The van der Waals surface area contributed by atoms with Gasteiger partial charge in [-0.1, -0.05) is 12.1 Å². The number of nitrogens with zero attached hydrogens (tertiary/aromatic N) is 2.